The molecule has 0 aromatic heterocycles. The summed E-state index contributed by atoms with van der Waals surface area (Å²) in [4.78, 5) is 0. The van der Waals surface area contributed by atoms with Crippen LogP contribution in [0.2, 0.25) is 5.02 Å². The molecule has 0 amide bonds. The molecule has 0 spiro atoms. The Kier molecular flexibility index (Phi) is 5.14. The van der Waals surface area contributed by atoms with E-state index in [4.69, 9.17) is 23.2 Å². The molecule has 2 rings (SSSR count). The van der Waals surface area contributed by atoms with E-state index in [1.54, 1.807) is 6.07 Å². The van der Waals surface area contributed by atoms with Crippen LogP contribution < -0.4 is 0 Å². The second kappa shape index (κ2) is 6.45. The number of hydrogen-bond acceptors (Lipinski definition) is 0. The van der Waals surface area contributed by atoms with E-state index in [1.165, 1.54) is 12.5 Å². The lowest BCUT2D eigenvalue weighted by molar-refractivity contribution is 0.218. The van der Waals surface area contributed by atoms with E-state index in [2.05, 4.69) is 13.8 Å². The van der Waals surface area contributed by atoms with Crippen LogP contribution >= 0.6 is 23.2 Å². The lowest BCUT2D eigenvalue weighted by Gasteiger charge is -2.35. The SMILES string of the molecule is CC(C)C1CCC(Cl)C(Cc2cccc(F)c2Cl)C1. The molecule has 0 nitrogen and oxygen atoms in total. The molecule has 106 valence electrons. The zero-order valence-corrected chi connectivity index (χ0v) is 13.0. The third kappa shape index (κ3) is 3.64. The van der Waals surface area contributed by atoms with E-state index < -0.39 is 0 Å². The van der Waals surface area contributed by atoms with Crippen molar-refractivity contribution in [3.63, 3.8) is 0 Å². The first-order valence-corrected chi connectivity index (χ1v) is 7.87. The van der Waals surface area contributed by atoms with Crippen molar-refractivity contribution in [1.82, 2.24) is 0 Å². The van der Waals surface area contributed by atoms with Gasteiger partial charge in [0.25, 0.3) is 0 Å². The summed E-state index contributed by atoms with van der Waals surface area (Å²) in [5, 5.41) is 0.451. The fourth-order valence-electron chi connectivity index (χ4n) is 3.07. The van der Waals surface area contributed by atoms with Gasteiger partial charge in [-0.05, 0) is 55.1 Å². The van der Waals surface area contributed by atoms with E-state index in [9.17, 15) is 4.39 Å². The average molecular weight is 303 g/mol. The molecular formula is C16H21Cl2F. The Hall–Kier alpha value is -0.270. The molecule has 3 heteroatoms. The maximum atomic E-state index is 13.5. The van der Waals surface area contributed by atoms with Gasteiger partial charge in [-0.15, -0.1) is 11.6 Å². The fourth-order valence-corrected chi connectivity index (χ4v) is 3.59. The Labute approximate surface area is 125 Å². The van der Waals surface area contributed by atoms with Gasteiger partial charge in [-0.25, -0.2) is 4.39 Å². The summed E-state index contributed by atoms with van der Waals surface area (Å²) in [5.41, 5.74) is 0.890. The van der Waals surface area contributed by atoms with Crippen LogP contribution in [0.15, 0.2) is 18.2 Å². The molecule has 3 atom stereocenters. The Balaban J connectivity index is 2.10. The Bertz CT molecular complexity index is 431. The molecule has 1 saturated carbocycles. The van der Waals surface area contributed by atoms with Gasteiger partial charge in [-0.1, -0.05) is 37.6 Å². The lowest BCUT2D eigenvalue weighted by Crippen LogP contribution is -2.29. The van der Waals surface area contributed by atoms with Crippen molar-refractivity contribution in [1.29, 1.82) is 0 Å². The van der Waals surface area contributed by atoms with E-state index >= 15 is 0 Å². The third-order valence-corrected chi connectivity index (χ3v) is 5.38. The second-order valence-electron chi connectivity index (χ2n) is 6.01. The highest BCUT2D eigenvalue weighted by Gasteiger charge is 2.31. The zero-order chi connectivity index (χ0) is 14.0. The van der Waals surface area contributed by atoms with E-state index in [0.29, 0.717) is 11.8 Å². The second-order valence-corrected chi connectivity index (χ2v) is 6.95. The first kappa shape index (κ1) is 15.1. The molecule has 19 heavy (non-hydrogen) atoms. The van der Waals surface area contributed by atoms with E-state index in [1.807, 2.05) is 6.07 Å². The first-order valence-electron chi connectivity index (χ1n) is 7.06. The van der Waals surface area contributed by atoms with Crippen molar-refractivity contribution < 1.29 is 4.39 Å². The van der Waals surface area contributed by atoms with Gasteiger partial charge < -0.3 is 0 Å². The minimum atomic E-state index is -0.332. The minimum Gasteiger partial charge on any atom is -0.205 e. The molecule has 0 bridgehead atoms. The Morgan fingerprint density at radius 1 is 1.32 bits per heavy atom. The largest absolute Gasteiger partial charge is 0.205 e. The van der Waals surface area contributed by atoms with Crippen molar-refractivity contribution in [3.05, 3.63) is 34.6 Å². The van der Waals surface area contributed by atoms with Crippen LogP contribution in [0.5, 0.6) is 0 Å². The fraction of sp³-hybridized carbons (Fsp3) is 0.625. The Morgan fingerprint density at radius 3 is 2.74 bits per heavy atom. The number of benzene rings is 1. The molecule has 1 aliphatic carbocycles. The molecule has 0 radical (unpaired) electrons. The normalized spacial score (nSPS) is 27.8. The molecule has 1 aromatic rings. The van der Waals surface area contributed by atoms with Gasteiger partial charge in [0.1, 0.15) is 5.82 Å². The molecule has 3 unspecified atom stereocenters. The zero-order valence-electron chi connectivity index (χ0n) is 11.5. The molecule has 0 aliphatic heterocycles. The maximum absolute atomic E-state index is 13.5. The van der Waals surface area contributed by atoms with Gasteiger partial charge in [0.05, 0.1) is 5.02 Å². The van der Waals surface area contributed by atoms with Crippen LogP contribution in [0.1, 0.15) is 38.7 Å². The monoisotopic (exact) mass is 302 g/mol. The quantitative estimate of drug-likeness (QED) is 0.628. The first-order chi connectivity index (χ1) is 8.99. The topological polar surface area (TPSA) is 0 Å². The maximum Gasteiger partial charge on any atom is 0.142 e. The van der Waals surface area contributed by atoms with Crippen LogP contribution in [-0.2, 0) is 6.42 Å². The smallest absolute Gasteiger partial charge is 0.142 e. The summed E-state index contributed by atoms with van der Waals surface area (Å²) >= 11 is 12.5. The summed E-state index contributed by atoms with van der Waals surface area (Å²) in [6, 6.07) is 5.04. The summed E-state index contributed by atoms with van der Waals surface area (Å²) in [6.07, 6.45) is 4.17. The van der Waals surface area contributed by atoms with Crippen LogP contribution in [-0.4, -0.2) is 5.38 Å². The van der Waals surface area contributed by atoms with Crippen molar-refractivity contribution in [2.45, 2.75) is 44.9 Å². The molecule has 1 aliphatic rings. The molecule has 0 N–H and O–H groups in total. The average Bonchev–Trinajstić information content (AvgIpc) is 2.37. The standard InChI is InChI=1S/C16H21Cl2F/c1-10(2)11-6-7-14(17)13(8-11)9-12-4-3-5-15(19)16(12)18/h3-5,10-11,13-14H,6-9H2,1-2H3. The van der Waals surface area contributed by atoms with Crippen LogP contribution in [0.3, 0.4) is 0 Å². The molecule has 1 fully saturated rings. The summed E-state index contributed by atoms with van der Waals surface area (Å²) in [6.45, 7) is 4.54. The van der Waals surface area contributed by atoms with Crippen molar-refractivity contribution in [2.75, 3.05) is 0 Å². The third-order valence-electron chi connectivity index (χ3n) is 4.39. The molecule has 0 saturated heterocycles. The van der Waals surface area contributed by atoms with Gasteiger partial charge >= 0.3 is 0 Å². The summed E-state index contributed by atoms with van der Waals surface area (Å²) < 4.78 is 13.5. The van der Waals surface area contributed by atoms with E-state index in [0.717, 1.165) is 30.7 Å². The summed E-state index contributed by atoms with van der Waals surface area (Å²) in [5.74, 6) is 1.49. The number of alkyl halides is 1. The number of hydrogen-bond donors (Lipinski definition) is 0. The predicted octanol–water partition coefficient (Wildman–Crippen LogP) is 5.70. The molecule has 1 aromatic carbocycles. The number of halogens is 3. The van der Waals surface area contributed by atoms with Crippen LogP contribution in [0.4, 0.5) is 4.39 Å². The predicted molar refractivity (Wildman–Crippen MR) is 80.4 cm³/mol. The van der Waals surface area contributed by atoms with Gasteiger partial charge in [0, 0.05) is 5.38 Å². The van der Waals surface area contributed by atoms with Gasteiger partial charge in [0.15, 0.2) is 0 Å². The molecular weight excluding hydrogens is 282 g/mol. The van der Waals surface area contributed by atoms with Gasteiger partial charge in [-0.3, -0.25) is 0 Å². The van der Waals surface area contributed by atoms with Crippen LogP contribution in [0.25, 0.3) is 0 Å². The van der Waals surface area contributed by atoms with Gasteiger partial charge in [-0.2, -0.15) is 0 Å². The van der Waals surface area contributed by atoms with Crippen molar-refractivity contribution in [2.24, 2.45) is 17.8 Å². The highest BCUT2D eigenvalue weighted by Crippen LogP contribution is 2.39. The highest BCUT2D eigenvalue weighted by atomic mass is 35.5. The minimum absolute atomic E-state index is 0.189. The lowest BCUT2D eigenvalue weighted by atomic mass is 9.74. The van der Waals surface area contributed by atoms with Crippen molar-refractivity contribution >= 4 is 23.2 Å². The van der Waals surface area contributed by atoms with Crippen LogP contribution in [0, 0.1) is 23.6 Å². The number of rotatable bonds is 3. The summed E-state index contributed by atoms with van der Waals surface area (Å²) in [7, 11) is 0. The van der Waals surface area contributed by atoms with Gasteiger partial charge in [0.2, 0.25) is 0 Å². The Morgan fingerprint density at radius 2 is 2.05 bits per heavy atom. The highest BCUT2D eigenvalue weighted by molar-refractivity contribution is 6.31. The van der Waals surface area contributed by atoms with E-state index in [-0.39, 0.29) is 16.2 Å². The van der Waals surface area contributed by atoms with Crippen molar-refractivity contribution in [3.8, 4) is 0 Å². The molecule has 0 heterocycles.